The summed E-state index contributed by atoms with van der Waals surface area (Å²) in [6.07, 6.45) is 11.0. The van der Waals surface area contributed by atoms with Crippen LogP contribution in [0.1, 0.15) is 64.2 Å². The van der Waals surface area contributed by atoms with E-state index in [2.05, 4.69) is 26.5 Å². The Kier molecular flexibility index (Phi) is 7.79. The minimum Gasteiger partial charge on any atom is -0.378 e. The lowest BCUT2D eigenvalue weighted by atomic mass is 9.73. The molecule has 0 bridgehead atoms. The Bertz CT molecular complexity index is 792. The molecule has 36 heavy (non-hydrogen) atoms. The number of piperazine rings is 1. The van der Waals surface area contributed by atoms with E-state index in [0.717, 1.165) is 71.4 Å². The molecule has 2 aliphatic carbocycles. The molecule has 10 nitrogen and oxygen atoms in total. The van der Waals surface area contributed by atoms with Crippen molar-refractivity contribution in [2.75, 3.05) is 39.3 Å². The molecular weight excluding hydrogens is 460 g/mol. The van der Waals surface area contributed by atoms with Gasteiger partial charge in [-0.1, -0.05) is 12.8 Å². The maximum Gasteiger partial charge on any atom is 0.237 e. The Morgan fingerprint density at radius 3 is 2.75 bits per heavy atom. The molecule has 2 saturated carbocycles. The van der Waals surface area contributed by atoms with Crippen molar-refractivity contribution in [2.45, 2.75) is 88.7 Å². The average molecular weight is 505 g/mol. The van der Waals surface area contributed by atoms with Gasteiger partial charge in [0, 0.05) is 57.7 Å². The van der Waals surface area contributed by atoms with Crippen molar-refractivity contribution in [3.05, 3.63) is 0 Å². The highest BCUT2D eigenvalue weighted by molar-refractivity contribution is 5.79. The predicted octanol–water partition coefficient (Wildman–Crippen LogP) is 0.702. The van der Waals surface area contributed by atoms with Crippen molar-refractivity contribution in [3.8, 4) is 0 Å². The Morgan fingerprint density at radius 1 is 1.00 bits per heavy atom. The van der Waals surface area contributed by atoms with Crippen LogP contribution in [0.5, 0.6) is 0 Å². The minimum absolute atomic E-state index is 0.103. The van der Waals surface area contributed by atoms with Crippen molar-refractivity contribution in [3.63, 3.8) is 0 Å². The number of carbonyl (C=O) groups excluding carboxylic acids is 2. The monoisotopic (exact) mass is 504 g/mol. The van der Waals surface area contributed by atoms with Gasteiger partial charge in [-0.15, -0.1) is 0 Å². The van der Waals surface area contributed by atoms with E-state index in [9.17, 15) is 9.59 Å². The van der Waals surface area contributed by atoms with Crippen molar-refractivity contribution < 1.29 is 19.2 Å². The van der Waals surface area contributed by atoms with E-state index in [0.29, 0.717) is 42.7 Å². The third-order valence-electron chi connectivity index (χ3n) is 9.80. The van der Waals surface area contributed by atoms with Gasteiger partial charge in [0.05, 0.1) is 12.3 Å². The molecule has 202 valence electrons. The second-order valence-electron chi connectivity index (χ2n) is 11.9. The van der Waals surface area contributed by atoms with E-state index in [4.69, 9.17) is 9.57 Å². The lowest BCUT2D eigenvalue weighted by Gasteiger charge is -2.44. The molecular formula is C26H44N6O4. The molecule has 0 aromatic carbocycles. The fraction of sp³-hybridized carbons (Fsp3) is 0.923. The van der Waals surface area contributed by atoms with E-state index in [1.54, 1.807) is 0 Å². The number of ether oxygens (including phenoxy) is 1. The molecule has 4 saturated heterocycles. The van der Waals surface area contributed by atoms with Crippen LogP contribution in [0.25, 0.3) is 0 Å². The maximum absolute atomic E-state index is 12.9. The van der Waals surface area contributed by atoms with Gasteiger partial charge in [0.1, 0.15) is 6.23 Å². The van der Waals surface area contributed by atoms with Crippen LogP contribution in [0.2, 0.25) is 0 Å². The first kappa shape index (κ1) is 25.0. The minimum atomic E-state index is -0.103. The van der Waals surface area contributed by atoms with Crippen molar-refractivity contribution in [2.24, 2.45) is 23.7 Å². The van der Waals surface area contributed by atoms with Crippen LogP contribution in [0.4, 0.5) is 0 Å². The smallest absolute Gasteiger partial charge is 0.237 e. The second-order valence-corrected chi connectivity index (χ2v) is 11.9. The number of hydrazine groups is 1. The van der Waals surface area contributed by atoms with Crippen LogP contribution in [-0.2, 0) is 19.2 Å². The van der Waals surface area contributed by atoms with Crippen LogP contribution in [-0.4, -0.2) is 85.5 Å². The molecule has 0 spiro atoms. The second kappa shape index (κ2) is 11.2. The Labute approximate surface area is 214 Å². The molecule has 4 N–H and O–H groups in total. The van der Waals surface area contributed by atoms with Crippen LogP contribution < -0.4 is 21.6 Å². The first-order valence-corrected chi connectivity index (χ1v) is 14.5. The molecule has 0 radical (unpaired) electrons. The number of carbonyl (C=O) groups is 2. The number of nitrogens with zero attached hydrogens (tertiary/aromatic N) is 2. The number of amides is 2. The number of rotatable bonds is 6. The Balaban J connectivity index is 0.899. The molecule has 0 aromatic heterocycles. The van der Waals surface area contributed by atoms with E-state index in [-0.39, 0.29) is 30.1 Å². The summed E-state index contributed by atoms with van der Waals surface area (Å²) < 4.78 is 5.85. The largest absolute Gasteiger partial charge is 0.378 e. The summed E-state index contributed by atoms with van der Waals surface area (Å²) in [5, 5.41) is 3.59. The van der Waals surface area contributed by atoms with Crippen LogP contribution in [0.15, 0.2) is 0 Å². The van der Waals surface area contributed by atoms with E-state index < -0.39 is 0 Å². The van der Waals surface area contributed by atoms with Gasteiger partial charge in [-0.05, 0) is 62.7 Å². The summed E-state index contributed by atoms with van der Waals surface area (Å²) in [5.41, 5.74) is 9.41. The van der Waals surface area contributed by atoms with E-state index in [1.165, 1.54) is 19.3 Å². The molecule has 0 aromatic rings. The van der Waals surface area contributed by atoms with Gasteiger partial charge < -0.3 is 9.64 Å². The number of fused-ring (bicyclic) bond motifs is 2. The van der Waals surface area contributed by atoms with Gasteiger partial charge >= 0.3 is 0 Å². The average Bonchev–Trinajstić information content (AvgIpc) is 3.59. The first-order valence-electron chi connectivity index (χ1n) is 14.5. The lowest BCUT2D eigenvalue weighted by molar-refractivity contribution is -0.136. The summed E-state index contributed by atoms with van der Waals surface area (Å²) in [6.45, 7) is 5.19. The van der Waals surface area contributed by atoms with Crippen LogP contribution in [0.3, 0.4) is 0 Å². The number of hydrogen-bond acceptors (Lipinski definition) is 8. The summed E-state index contributed by atoms with van der Waals surface area (Å²) in [4.78, 5) is 35.4. The van der Waals surface area contributed by atoms with Crippen molar-refractivity contribution in [1.82, 2.24) is 31.4 Å². The van der Waals surface area contributed by atoms with Crippen molar-refractivity contribution in [1.29, 1.82) is 0 Å². The topological polar surface area (TPSA) is 107 Å². The zero-order valence-corrected chi connectivity index (χ0v) is 21.5. The molecule has 8 atom stereocenters. The molecule has 2 amide bonds. The number of nitrogens with one attached hydrogen (secondary N) is 4. The van der Waals surface area contributed by atoms with Crippen LogP contribution >= 0.6 is 0 Å². The first-order chi connectivity index (χ1) is 17.6. The van der Waals surface area contributed by atoms with E-state index in [1.807, 2.05) is 4.90 Å². The summed E-state index contributed by atoms with van der Waals surface area (Å²) >= 11 is 0. The molecule has 4 aliphatic heterocycles. The predicted molar refractivity (Wildman–Crippen MR) is 133 cm³/mol. The molecule has 4 heterocycles. The molecule has 6 fully saturated rings. The maximum atomic E-state index is 12.9. The standard InChI is InChI=1S/C26H44N6O4/c33-24(8-7-23-27-25(30-36-23)18-5-6-22-17(15-18)9-14-35-22)32-12-10-31(11-13-32)16-21-19-3-1-2-4-20(19)26(34)29-28-21/h17-23,25,27-28,30H,1-16H2,(H,29,34). The third-order valence-corrected chi connectivity index (χ3v) is 9.80. The Morgan fingerprint density at radius 2 is 1.86 bits per heavy atom. The molecule has 8 unspecified atom stereocenters. The molecule has 6 aliphatic rings. The third kappa shape index (κ3) is 5.44. The van der Waals surface area contributed by atoms with Gasteiger partial charge in [-0.2, -0.15) is 5.48 Å². The summed E-state index contributed by atoms with van der Waals surface area (Å²) in [5.74, 6) is 2.26. The number of hydrogen-bond donors (Lipinski definition) is 4. The Hall–Kier alpha value is -1.30. The lowest BCUT2D eigenvalue weighted by Crippen LogP contribution is -2.63. The van der Waals surface area contributed by atoms with Crippen molar-refractivity contribution >= 4 is 11.8 Å². The summed E-state index contributed by atoms with van der Waals surface area (Å²) in [7, 11) is 0. The highest BCUT2D eigenvalue weighted by atomic mass is 16.7. The quantitative estimate of drug-likeness (QED) is 0.419. The molecule has 10 heteroatoms. The zero-order chi connectivity index (χ0) is 24.5. The van der Waals surface area contributed by atoms with Gasteiger partial charge in [0.25, 0.3) is 0 Å². The highest BCUT2D eigenvalue weighted by Crippen LogP contribution is 2.39. The SMILES string of the molecule is O=C1NNC(CN2CCN(C(=O)CCC3NC(C4CCC5OCCC5C4)NO3)CC2)C2CCCCC12. The van der Waals surface area contributed by atoms with Gasteiger partial charge in [-0.3, -0.25) is 30.1 Å². The van der Waals surface area contributed by atoms with Gasteiger partial charge in [0.2, 0.25) is 11.8 Å². The van der Waals surface area contributed by atoms with Crippen LogP contribution in [0, 0.1) is 23.7 Å². The fourth-order valence-corrected chi connectivity index (χ4v) is 7.65. The molecule has 6 rings (SSSR count). The highest BCUT2D eigenvalue weighted by Gasteiger charge is 2.42. The van der Waals surface area contributed by atoms with Gasteiger partial charge in [-0.25, -0.2) is 5.43 Å². The van der Waals surface area contributed by atoms with E-state index >= 15 is 0 Å². The summed E-state index contributed by atoms with van der Waals surface area (Å²) in [6, 6.07) is 0.303. The normalized spacial score (nSPS) is 41.6. The van der Waals surface area contributed by atoms with Gasteiger partial charge in [0.15, 0.2) is 0 Å². The fourth-order valence-electron chi connectivity index (χ4n) is 7.65. The zero-order valence-electron chi connectivity index (χ0n) is 21.5. The number of hydroxylamine groups is 1.